The second-order valence-corrected chi connectivity index (χ2v) is 5.14. The van der Waals surface area contributed by atoms with Gasteiger partial charge in [-0.15, -0.1) is 11.3 Å². The van der Waals surface area contributed by atoms with Gasteiger partial charge < -0.3 is 5.11 Å². The first-order chi connectivity index (χ1) is 8.24. The minimum Gasteiger partial charge on any atom is -0.481 e. The van der Waals surface area contributed by atoms with Crippen molar-refractivity contribution in [2.24, 2.45) is 0 Å². The van der Waals surface area contributed by atoms with Crippen LogP contribution in [0.4, 0.5) is 0 Å². The predicted octanol–water partition coefficient (Wildman–Crippen LogP) is 4.26. The summed E-state index contributed by atoms with van der Waals surface area (Å²) >= 11 is 1.63. The Hall–Kier alpha value is -1.35. The first-order valence-corrected chi connectivity index (χ1v) is 6.81. The van der Waals surface area contributed by atoms with Gasteiger partial charge in [0.1, 0.15) is 0 Å². The molecule has 0 fully saturated rings. The summed E-state index contributed by atoms with van der Waals surface area (Å²) in [5.41, 5.74) is 0.971. The van der Waals surface area contributed by atoms with Crippen molar-refractivity contribution in [1.82, 2.24) is 0 Å². The number of carboxylic acid groups (broad SMARTS) is 1. The largest absolute Gasteiger partial charge is 0.481 e. The van der Waals surface area contributed by atoms with E-state index >= 15 is 0 Å². The number of aliphatic carboxylic acids is 1. The molecule has 90 valence electrons. The fourth-order valence-corrected chi connectivity index (χ4v) is 3.08. The highest BCUT2D eigenvalue weighted by Gasteiger charge is 2.21. The van der Waals surface area contributed by atoms with Gasteiger partial charge in [-0.2, -0.15) is 0 Å². The van der Waals surface area contributed by atoms with Crippen LogP contribution in [-0.4, -0.2) is 11.1 Å². The number of carboxylic acids is 1. The number of hydrogen-bond acceptors (Lipinski definition) is 2. The number of carbonyl (C=O) groups is 1. The first kappa shape index (κ1) is 12.1. The Kier molecular flexibility index (Phi) is 3.79. The molecule has 0 saturated carbocycles. The number of unbranched alkanes of at least 4 members (excludes halogenated alkanes) is 1. The molecule has 17 heavy (non-hydrogen) atoms. The summed E-state index contributed by atoms with van der Waals surface area (Å²) in [4.78, 5) is 11.4. The molecule has 0 aliphatic rings. The molecule has 1 atom stereocenters. The van der Waals surface area contributed by atoms with Crippen molar-refractivity contribution in [3.05, 3.63) is 35.2 Å². The summed E-state index contributed by atoms with van der Waals surface area (Å²) in [7, 11) is 0. The van der Waals surface area contributed by atoms with E-state index in [1.165, 1.54) is 0 Å². The molecule has 0 saturated heterocycles. The average molecular weight is 248 g/mol. The third-order valence-corrected chi connectivity index (χ3v) is 4.01. The van der Waals surface area contributed by atoms with Gasteiger partial charge in [-0.05, 0) is 28.8 Å². The Morgan fingerprint density at radius 1 is 1.41 bits per heavy atom. The third kappa shape index (κ3) is 2.50. The van der Waals surface area contributed by atoms with Crippen LogP contribution in [0, 0.1) is 0 Å². The SMILES string of the molecule is CCCCC(C(=O)O)c1cccc2ccsc12. The lowest BCUT2D eigenvalue weighted by molar-refractivity contribution is -0.138. The summed E-state index contributed by atoms with van der Waals surface area (Å²) in [6.45, 7) is 2.09. The molecule has 1 aromatic heterocycles. The van der Waals surface area contributed by atoms with Crippen LogP contribution in [0.2, 0.25) is 0 Å². The van der Waals surface area contributed by atoms with Gasteiger partial charge in [-0.3, -0.25) is 4.79 Å². The smallest absolute Gasteiger partial charge is 0.311 e. The number of hydrogen-bond donors (Lipinski definition) is 1. The summed E-state index contributed by atoms with van der Waals surface area (Å²) in [5.74, 6) is -1.07. The molecule has 2 nitrogen and oxygen atoms in total. The predicted molar refractivity (Wildman–Crippen MR) is 71.7 cm³/mol. The highest BCUT2D eigenvalue weighted by Crippen LogP contribution is 2.32. The van der Waals surface area contributed by atoms with Gasteiger partial charge in [0.05, 0.1) is 5.92 Å². The summed E-state index contributed by atoms with van der Waals surface area (Å²) in [6, 6.07) is 7.98. The van der Waals surface area contributed by atoms with Crippen molar-refractivity contribution in [2.45, 2.75) is 32.1 Å². The zero-order valence-corrected chi connectivity index (χ0v) is 10.7. The van der Waals surface area contributed by atoms with Crippen LogP contribution >= 0.6 is 11.3 Å². The number of fused-ring (bicyclic) bond motifs is 1. The minimum atomic E-state index is -0.709. The third-order valence-electron chi connectivity index (χ3n) is 3.03. The topological polar surface area (TPSA) is 37.3 Å². The maximum Gasteiger partial charge on any atom is 0.311 e. The fourth-order valence-electron chi connectivity index (χ4n) is 2.11. The lowest BCUT2D eigenvalue weighted by Gasteiger charge is -2.13. The van der Waals surface area contributed by atoms with Crippen LogP contribution in [0.15, 0.2) is 29.6 Å². The normalized spacial score (nSPS) is 12.8. The zero-order chi connectivity index (χ0) is 12.3. The Labute approximate surface area is 105 Å². The monoisotopic (exact) mass is 248 g/mol. The van der Waals surface area contributed by atoms with Crippen molar-refractivity contribution in [3.8, 4) is 0 Å². The minimum absolute atomic E-state index is 0.364. The fraction of sp³-hybridized carbons (Fsp3) is 0.357. The molecule has 1 N–H and O–H groups in total. The lowest BCUT2D eigenvalue weighted by atomic mass is 9.93. The maximum absolute atomic E-state index is 11.4. The van der Waals surface area contributed by atoms with Gasteiger partial charge >= 0.3 is 5.97 Å². The second kappa shape index (κ2) is 5.32. The molecule has 0 aliphatic heterocycles. The van der Waals surface area contributed by atoms with Crippen LogP contribution in [0.3, 0.4) is 0 Å². The van der Waals surface area contributed by atoms with Crippen molar-refractivity contribution >= 4 is 27.4 Å². The van der Waals surface area contributed by atoms with E-state index in [4.69, 9.17) is 0 Å². The van der Waals surface area contributed by atoms with E-state index in [1.54, 1.807) is 11.3 Å². The Morgan fingerprint density at radius 2 is 2.24 bits per heavy atom. The standard InChI is InChI=1S/C14H16O2S/c1-2-3-6-12(14(15)16)11-7-4-5-10-8-9-17-13(10)11/h4-5,7-9,12H,2-3,6H2,1H3,(H,15,16). The molecule has 1 unspecified atom stereocenters. The Bertz CT molecular complexity index is 516. The molecule has 0 aliphatic carbocycles. The highest BCUT2D eigenvalue weighted by molar-refractivity contribution is 7.17. The van der Waals surface area contributed by atoms with Gasteiger partial charge in [0.2, 0.25) is 0 Å². The molecular weight excluding hydrogens is 232 g/mol. The van der Waals surface area contributed by atoms with Crippen molar-refractivity contribution in [3.63, 3.8) is 0 Å². The number of thiophene rings is 1. The summed E-state index contributed by atoms with van der Waals surface area (Å²) in [6.07, 6.45) is 2.71. The highest BCUT2D eigenvalue weighted by atomic mass is 32.1. The zero-order valence-electron chi connectivity index (χ0n) is 9.85. The molecule has 2 rings (SSSR count). The molecule has 0 radical (unpaired) electrons. The average Bonchev–Trinajstić information content (AvgIpc) is 2.77. The van der Waals surface area contributed by atoms with E-state index in [0.717, 1.165) is 34.9 Å². The molecule has 1 aromatic carbocycles. The van der Waals surface area contributed by atoms with E-state index in [9.17, 15) is 9.90 Å². The van der Waals surface area contributed by atoms with E-state index in [2.05, 4.69) is 6.92 Å². The van der Waals surface area contributed by atoms with E-state index < -0.39 is 5.97 Å². The van der Waals surface area contributed by atoms with Gasteiger partial charge in [0.25, 0.3) is 0 Å². The molecule has 3 heteroatoms. The Morgan fingerprint density at radius 3 is 2.94 bits per heavy atom. The van der Waals surface area contributed by atoms with Crippen molar-refractivity contribution in [2.75, 3.05) is 0 Å². The second-order valence-electron chi connectivity index (χ2n) is 4.22. The summed E-state index contributed by atoms with van der Waals surface area (Å²) in [5, 5.41) is 12.5. The van der Waals surface area contributed by atoms with Crippen LogP contribution in [0.5, 0.6) is 0 Å². The molecule has 1 heterocycles. The van der Waals surface area contributed by atoms with Crippen molar-refractivity contribution < 1.29 is 9.90 Å². The summed E-state index contributed by atoms with van der Waals surface area (Å²) < 4.78 is 1.12. The van der Waals surface area contributed by atoms with E-state index in [-0.39, 0.29) is 5.92 Å². The van der Waals surface area contributed by atoms with E-state index in [0.29, 0.717) is 0 Å². The van der Waals surface area contributed by atoms with Gasteiger partial charge in [-0.1, -0.05) is 38.0 Å². The first-order valence-electron chi connectivity index (χ1n) is 5.93. The molecule has 0 bridgehead atoms. The van der Waals surface area contributed by atoms with Gasteiger partial charge in [0.15, 0.2) is 0 Å². The van der Waals surface area contributed by atoms with Gasteiger partial charge in [0, 0.05) is 4.70 Å². The molecular formula is C14H16O2S. The molecule has 0 amide bonds. The van der Waals surface area contributed by atoms with Gasteiger partial charge in [-0.25, -0.2) is 0 Å². The molecule has 2 aromatic rings. The lowest BCUT2D eigenvalue weighted by Crippen LogP contribution is -2.11. The van der Waals surface area contributed by atoms with E-state index in [1.807, 2.05) is 29.6 Å². The number of benzene rings is 1. The van der Waals surface area contributed by atoms with Crippen LogP contribution in [0.1, 0.15) is 37.7 Å². The van der Waals surface area contributed by atoms with Crippen LogP contribution in [0.25, 0.3) is 10.1 Å². The maximum atomic E-state index is 11.4. The molecule has 0 spiro atoms. The Balaban J connectivity index is 2.40. The van der Waals surface area contributed by atoms with Crippen LogP contribution < -0.4 is 0 Å². The van der Waals surface area contributed by atoms with Crippen LogP contribution in [-0.2, 0) is 4.79 Å². The number of rotatable bonds is 5. The quantitative estimate of drug-likeness (QED) is 0.858. The van der Waals surface area contributed by atoms with Crippen molar-refractivity contribution in [1.29, 1.82) is 0 Å².